The molecule has 4 aromatic rings. The van der Waals surface area contributed by atoms with Gasteiger partial charge in [-0.1, -0.05) is 0 Å². The molecule has 154 valence electrons. The highest BCUT2D eigenvalue weighted by molar-refractivity contribution is 7.15. The SMILES string of the molecule is CCOC(=O)Cc1csc(NC(=O)Cc2csc3nc(-c4ccc(F)cc4)cn23)n1. The van der Waals surface area contributed by atoms with Crippen molar-refractivity contribution in [1.29, 1.82) is 0 Å². The van der Waals surface area contributed by atoms with Crippen LogP contribution in [-0.4, -0.2) is 32.9 Å². The second kappa shape index (κ2) is 8.72. The van der Waals surface area contributed by atoms with Crippen molar-refractivity contribution in [1.82, 2.24) is 14.4 Å². The third-order valence-corrected chi connectivity index (χ3v) is 5.89. The largest absolute Gasteiger partial charge is 0.466 e. The maximum atomic E-state index is 13.1. The molecule has 0 fully saturated rings. The third kappa shape index (κ3) is 4.55. The van der Waals surface area contributed by atoms with Crippen LogP contribution in [0.3, 0.4) is 0 Å². The molecule has 0 atom stereocenters. The number of hydrogen-bond donors (Lipinski definition) is 1. The van der Waals surface area contributed by atoms with E-state index in [2.05, 4.69) is 15.3 Å². The average Bonchev–Trinajstić information content (AvgIpc) is 3.40. The van der Waals surface area contributed by atoms with Gasteiger partial charge in [0.25, 0.3) is 0 Å². The molecule has 0 aliphatic carbocycles. The summed E-state index contributed by atoms with van der Waals surface area (Å²) >= 11 is 2.69. The van der Waals surface area contributed by atoms with Gasteiger partial charge < -0.3 is 10.1 Å². The van der Waals surface area contributed by atoms with Crippen LogP contribution in [0.2, 0.25) is 0 Å². The van der Waals surface area contributed by atoms with Crippen molar-refractivity contribution in [3.63, 3.8) is 0 Å². The summed E-state index contributed by atoms with van der Waals surface area (Å²) in [7, 11) is 0. The first-order chi connectivity index (χ1) is 14.5. The molecule has 0 saturated carbocycles. The summed E-state index contributed by atoms with van der Waals surface area (Å²) < 4.78 is 19.9. The van der Waals surface area contributed by atoms with E-state index in [1.54, 1.807) is 24.4 Å². The van der Waals surface area contributed by atoms with E-state index in [9.17, 15) is 14.0 Å². The van der Waals surface area contributed by atoms with Gasteiger partial charge >= 0.3 is 5.97 Å². The quantitative estimate of drug-likeness (QED) is 0.436. The number of imidazole rings is 1. The van der Waals surface area contributed by atoms with Crippen molar-refractivity contribution in [2.75, 3.05) is 11.9 Å². The minimum absolute atomic E-state index is 0.0760. The number of amides is 1. The Bertz CT molecular complexity index is 1200. The van der Waals surface area contributed by atoms with Gasteiger partial charge in [0.2, 0.25) is 5.91 Å². The number of fused-ring (bicyclic) bond motifs is 1. The molecule has 1 aromatic carbocycles. The molecule has 0 unspecified atom stereocenters. The Kier molecular flexibility index (Phi) is 5.86. The Balaban J connectivity index is 1.43. The normalized spacial score (nSPS) is 11.0. The summed E-state index contributed by atoms with van der Waals surface area (Å²) in [5.41, 5.74) is 2.87. The molecule has 0 bridgehead atoms. The van der Waals surface area contributed by atoms with Gasteiger partial charge in [0.05, 0.1) is 30.8 Å². The summed E-state index contributed by atoms with van der Waals surface area (Å²) in [5, 5.41) is 6.80. The summed E-state index contributed by atoms with van der Waals surface area (Å²) in [6.45, 7) is 2.06. The number of nitrogens with one attached hydrogen (secondary N) is 1. The van der Waals surface area contributed by atoms with Crippen molar-refractivity contribution < 1.29 is 18.7 Å². The number of nitrogens with zero attached hydrogens (tertiary/aromatic N) is 3. The molecular weight excluding hydrogens is 427 g/mol. The molecule has 1 amide bonds. The number of aromatic nitrogens is 3. The molecular formula is C20H17FN4O3S2. The summed E-state index contributed by atoms with van der Waals surface area (Å²) in [5.74, 6) is -0.869. The lowest BCUT2D eigenvalue weighted by Crippen LogP contribution is -2.15. The van der Waals surface area contributed by atoms with Gasteiger partial charge in [0, 0.05) is 28.2 Å². The fourth-order valence-electron chi connectivity index (χ4n) is 2.85. The Labute approximate surface area is 179 Å². The van der Waals surface area contributed by atoms with E-state index in [0.717, 1.165) is 16.2 Å². The standard InChI is InChI=1S/C20H17FN4O3S2/c1-2-28-18(27)7-14-10-29-19(22-14)24-17(26)8-15-11-30-20-23-16(9-25(15)20)12-3-5-13(21)6-4-12/h3-6,9-11H,2,7-8H2,1H3,(H,22,24,26). The van der Waals surface area contributed by atoms with E-state index < -0.39 is 0 Å². The van der Waals surface area contributed by atoms with Crippen molar-refractivity contribution >= 4 is 44.6 Å². The predicted octanol–water partition coefficient (Wildman–Crippen LogP) is 3.95. The van der Waals surface area contributed by atoms with Crippen LogP contribution in [0.15, 0.2) is 41.2 Å². The van der Waals surface area contributed by atoms with E-state index in [1.807, 2.05) is 16.0 Å². The molecule has 0 radical (unpaired) electrons. The van der Waals surface area contributed by atoms with E-state index in [4.69, 9.17) is 4.74 Å². The number of hydrogen-bond acceptors (Lipinski definition) is 7. The zero-order valence-electron chi connectivity index (χ0n) is 15.9. The van der Waals surface area contributed by atoms with Crippen molar-refractivity contribution in [3.05, 3.63) is 58.4 Å². The summed E-state index contributed by atoms with van der Waals surface area (Å²) in [4.78, 5) is 33.5. The van der Waals surface area contributed by atoms with Crippen molar-refractivity contribution in [2.45, 2.75) is 19.8 Å². The van der Waals surface area contributed by atoms with Crippen LogP contribution >= 0.6 is 22.7 Å². The summed E-state index contributed by atoms with van der Waals surface area (Å²) in [6, 6.07) is 6.12. The molecule has 10 heteroatoms. The Morgan fingerprint density at radius 3 is 2.70 bits per heavy atom. The molecule has 4 rings (SSSR count). The van der Waals surface area contributed by atoms with Gasteiger partial charge in [-0.3, -0.25) is 14.0 Å². The smallest absolute Gasteiger partial charge is 0.311 e. The second-order valence-electron chi connectivity index (χ2n) is 6.36. The van der Waals surface area contributed by atoms with Crippen LogP contribution in [-0.2, 0) is 27.2 Å². The molecule has 3 heterocycles. The highest BCUT2D eigenvalue weighted by Crippen LogP contribution is 2.24. The van der Waals surface area contributed by atoms with E-state index >= 15 is 0 Å². The highest BCUT2D eigenvalue weighted by atomic mass is 32.1. The molecule has 1 N–H and O–H groups in total. The lowest BCUT2D eigenvalue weighted by atomic mass is 10.2. The van der Waals surface area contributed by atoms with Crippen LogP contribution in [0.25, 0.3) is 16.2 Å². The third-order valence-electron chi connectivity index (χ3n) is 4.19. The number of ether oxygens (including phenoxy) is 1. The molecule has 0 aliphatic heterocycles. The lowest BCUT2D eigenvalue weighted by Gasteiger charge is -2.01. The van der Waals surface area contributed by atoms with Gasteiger partial charge in [0.1, 0.15) is 5.82 Å². The maximum absolute atomic E-state index is 13.1. The van der Waals surface area contributed by atoms with Crippen LogP contribution < -0.4 is 5.32 Å². The van der Waals surface area contributed by atoms with Crippen LogP contribution in [0.1, 0.15) is 18.3 Å². The number of halogens is 1. The Hall–Kier alpha value is -3.11. The van der Waals surface area contributed by atoms with Gasteiger partial charge in [-0.05, 0) is 31.2 Å². The van der Waals surface area contributed by atoms with Gasteiger partial charge in [0.15, 0.2) is 10.1 Å². The molecule has 0 aliphatic rings. The highest BCUT2D eigenvalue weighted by Gasteiger charge is 2.15. The van der Waals surface area contributed by atoms with Crippen LogP contribution in [0, 0.1) is 5.82 Å². The van der Waals surface area contributed by atoms with Crippen molar-refractivity contribution in [3.8, 4) is 11.3 Å². The summed E-state index contributed by atoms with van der Waals surface area (Å²) in [6.07, 6.45) is 2.06. The number of rotatable bonds is 7. The fraction of sp³-hybridized carbons (Fsp3) is 0.200. The lowest BCUT2D eigenvalue weighted by molar-refractivity contribution is -0.142. The average molecular weight is 445 g/mol. The fourth-order valence-corrected chi connectivity index (χ4v) is 4.45. The molecule has 30 heavy (non-hydrogen) atoms. The first-order valence-corrected chi connectivity index (χ1v) is 10.9. The first-order valence-electron chi connectivity index (χ1n) is 9.13. The number of carbonyl (C=O) groups is 2. The zero-order chi connectivity index (χ0) is 21.1. The van der Waals surface area contributed by atoms with Crippen LogP contribution in [0.4, 0.5) is 9.52 Å². The number of carbonyl (C=O) groups excluding carboxylic acids is 2. The van der Waals surface area contributed by atoms with E-state index in [1.165, 1.54) is 34.8 Å². The molecule has 3 aromatic heterocycles. The second-order valence-corrected chi connectivity index (χ2v) is 8.06. The molecule has 7 nitrogen and oxygen atoms in total. The van der Waals surface area contributed by atoms with Gasteiger partial charge in [-0.15, -0.1) is 22.7 Å². The zero-order valence-corrected chi connectivity index (χ0v) is 17.6. The van der Waals surface area contributed by atoms with E-state index in [0.29, 0.717) is 23.1 Å². The van der Waals surface area contributed by atoms with Crippen LogP contribution in [0.5, 0.6) is 0 Å². The van der Waals surface area contributed by atoms with Gasteiger partial charge in [-0.25, -0.2) is 14.4 Å². The maximum Gasteiger partial charge on any atom is 0.311 e. The number of anilines is 1. The number of esters is 1. The predicted molar refractivity (Wildman–Crippen MR) is 113 cm³/mol. The minimum Gasteiger partial charge on any atom is -0.466 e. The monoisotopic (exact) mass is 444 g/mol. The van der Waals surface area contributed by atoms with Gasteiger partial charge in [-0.2, -0.15) is 0 Å². The minimum atomic E-state index is -0.349. The molecule has 0 saturated heterocycles. The van der Waals surface area contributed by atoms with E-state index in [-0.39, 0.29) is 30.5 Å². The first kappa shape index (κ1) is 20.2. The Morgan fingerprint density at radius 2 is 1.93 bits per heavy atom. The number of benzene rings is 1. The topological polar surface area (TPSA) is 85.6 Å². The van der Waals surface area contributed by atoms with Crippen molar-refractivity contribution in [2.24, 2.45) is 0 Å². The molecule has 0 spiro atoms. The Morgan fingerprint density at radius 1 is 1.13 bits per heavy atom. The number of thiazole rings is 2.